The van der Waals surface area contributed by atoms with E-state index in [2.05, 4.69) is 24.4 Å². The number of hydrogen-bond acceptors (Lipinski definition) is 3. The Balaban J connectivity index is 1.69. The van der Waals surface area contributed by atoms with Crippen molar-refractivity contribution in [3.63, 3.8) is 0 Å². The van der Waals surface area contributed by atoms with Gasteiger partial charge in [0, 0.05) is 24.5 Å². The van der Waals surface area contributed by atoms with Crippen molar-refractivity contribution in [2.75, 3.05) is 26.2 Å². The van der Waals surface area contributed by atoms with Gasteiger partial charge in [-0.15, -0.1) is 0 Å². The van der Waals surface area contributed by atoms with Crippen LogP contribution in [0, 0.1) is 0 Å². The molecule has 4 heteroatoms. The molecule has 0 saturated carbocycles. The second kappa shape index (κ2) is 7.47. The van der Waals surface area contributed by atoms with Crippen LogP contribution >= 0.6 is 0 Å². The van der Waals surface area contributed by atoms with Crippen LogP contribution in [0.4, 0.5) is 0 Å². The van der Waals surface area contributed by atoms with Gasteiger partial charge >= 0.3 is 0 Å². The molecule has 2 aromatic rings. The molecule has 4 nitrogen and oxygen atoms in total. The number of nitrogens with zero attached hydrogens (tertiary/aromatic N) is 1. The molecule has 23 heavy (non-hydrogen) atoms. The third-order valence-electron chi connectivity index (χ3n) is 4.36. The van der Waals surface area contributed by atoms with Crippen LogP contribution in [0.2, 0.25) is 0 Å². The molecule has 0 spiro atoms. The first-order valence-electron chi connectivity index (χ1n) is 8.40. The third kappa shape index (κ3) is 3.64. The summed E-state index contributed by atoms with van der Waals surface area (Å²) in [6.45, 7) is 4.88. The average Bonchev–Trinajstić information content (AvgIpc) is 3.11. The van der Waals surface area contributed by atoms with Gasteiger partial charge in [0.2, 0.25) is 0 Å². The summed E-state index contributed by atoms with van der Waals surface area (Å²) in [6.07, 6.45) is 2.00. The number of fused-ring (bicyclic) bond motifs is 1. The minimum Gasteiger partial charge on any atom is -0.483 e. The Morgan fingerprint density at radius 2 is 2.09 bits per heavy atom. The molecule has 0 bridgehead atoms. The van der Waals surface area contributed by atoms with E-state index in [4.69, 9.17) is 4.74 Å². The lowest BCUT2D eigenvalue weighted by Crippen LogP contribution is -2.44. The number of benzene rings is 2. The van der Waals surface area contributed by atoms with Gasteiger partial charge in [-0.2, -0.15) is 0 Å². The van der Waals surface area contributed by atoms with E-state index in [0.29, 0.717) is 6.04 Å². The number of carbonyl (C=O) groups excluding carboxylic acids is 1. The fourth-order valence-electron chi connectivity index (χ4n) is 3.20. The van der Waals surface area contributed by atoms with Crippen molar-refractivity contribution in [3.8, 4) is 5.75 Å². The average molecular weight is 312 g/mol. The molecule has 2 aromatic carbocycles. The highest BCUT2D eigenvalue weighted by atomic mass is 16.5. The fraction of sp³-hybridized carbons (Fsp3) is 0.421. The number of rotatable bonds is 6. The summed E-state index contributed by atoms with van der Waals surface area (Å²) in [7, 11) is 0. The topological polar surface area (TPSA) is 41.6 Å². The van der Waals surface area contributed by atoms with Crippen LogP contribution in [-0.2, 0) is 4.79 Å². The van der Waals surface area contributed by atoms with Crippen LogP contribution in [0.3, 0.4) is 0 Å². The molecule has 122 valence electrons. The highest BCUT2D eigenvalue weighted by Crippen LogP contribution is 2.25. The van der Waals surface area contributed by atoms with E-state index in [1.165, 1.54) is 0 Å². The third-order valence-corrected chi connectivity index (χ3v) is 4.36. The van der Waals surface area contributed by atoms with Crippen LogP contribution in [0.25, 0.3) is 10.8 Å². The second-order valence-corrected chi connectivity index (χ2v) is 6.00. The zero-order valence-electron chi connectivity index (χ0n) is 13.6. The molecule has 0 radical (unpaired) electrons. The molecule has 1 aliphatic rings. The molecule has 1 unspecified atom stereocenters. The van der Waals surface area contributed by atoms with E-state index in [-0.39, 0.29) is 12.5 Å². The Hall–Kier alpha value is -2.07. The van der Waals surface area contributed by atoms with E-state index < -0.39 is 0 Å². The van der Waals surface area contributed by atoms with Crippen molar-refractivity contribution < 1.29 is 9.53 Å². The predicted molar refractivity (Wildman–Crippen MR) is 92.7 cm³/mol. The van der Waals surface area contributed by atoms with E-state index in [1.54, 1.807) is 0 Å². The second-order valence-electron chi connectivity index (χ2n) is 6.00. The Kier molecular flexibility index (Phi) is 5.13. The van der Waals surface area contributed by atoms with Crippen LogP contribution in [0.1, 0.15) is 19.8 Å². The van der Waals surface area contributed by atoms with Crippen molar-refractivity contribution in [3.05, 3.63) is 42.5 Å². The fourth-order valence-corrected chi connectivity index (χ4v) is 3.20. The first-order chi connectivity index (χ1) is 11.3. The lowest BCUT2D eigenvalue weighted by molar-refractivity contribution is -0.135. The van der Waals surface area contributed by atoms with Gasteiger partial charge in [0.1, 0.15) is 5.75 Å². The number of hydrogen-bond donors (Lipinski definition) is 1. The van der Waals surface area contributed by atoms with Crippen LogP contribution in [0.15, 0.2) is 42.5 Å². The Morgan fingerprint density at radius 1 is 1.26 bits per heavy atom. The summed E-state index contributed by atoms with van der Waals surface area (Å²) in [4.78, 5) is 14.6. The minimum absolute atomic E-state index is 0.0773. The number of ether oxygens (including phenoxy) is 1. The molecule has 0 aliphatic carbocycles. The van der Waals surface area contributed by atoms with Gasteiger partial charge in [-0.1, -0.05) is 43.3 Å². The summed E-state index contributed by atoms with van der Waals surface area (Å²) in [5, 5.41) is 5.51. The first kappa shape index (κ1) is 15.8. The standard InChI is InChI=1S/C19H24N2O2/c1-2-12-21(16-10-11-20-13-16)19(22)14-23-18-9-5-7-15-6-3-4-8-17(15)18/h3-9,16,20H,2,10-14H2,1H3. The summed E-state index contributed by atoms with van der Waals surface area (Å²) in [5.74, 6) is 0.853. The molecule has 1 saturated heterocycles. The van der Waals surface area contributed by atoms with Gasteiger partial charge in [-0.25, -0.2) is 0 Å². The molecular weight excluding hydrogens is 288 g/mol. The maximum Gasteiger partial charge on any atom is 0.260 e. The van der Waals surface area contributed by atoms with Crippen LogP contribution < -0.4 is 10.1 Å². The molecule has 3 rings (SSSR count). The summed E-state index contributed by atoms with van der Waals surface area (Å²) < 4.78 is 5.86. The van der Waals surface area contributed by atoms with E-state index in [1.807, 2.05) is 35.2 Å². The zero-order chi connectivity index (χ0) is 16.1. The van der Waals surface area contributed by atoms with Gasteiger partial charge in [0.05, 0.1) is 0 Å². The highest BCUT2D eigenvalue weighted by molar-refractivity contribution is 5.88. The number of nitrogens with one attached hydrogen (secondary N) is 1. The van der Waals surface area contributed by atoms with Gasteiger partial charge in [0.15, 0.2) is 6.61 Å². The smallest absolute Gasteiger partial charge is 0.260 e. The molecule has 0 aromatic heterocycles. The Bertz CT molecular complexity index is 660. The molecule has 1 atom stereocenters. The maximum atomic E-state index is 12.6. The highest BCUT2D eigenvalue weighted by Gasteiger charge is 2.26. The summed E-state index contributed by atoms with van der Waals surface area (Å²) in [6, 6.07) is 14.3. The van der Waals surface area contributed by atoms with Gasteiger partial charge in [-0.3, -0.25) is 4.79 Å². The monoisotopic (exact) mass is 312 g/mol. The van der Waals surface area contributed by atoms with Gasteiger partial charge in [0.25, 0.3) is 5.91 Å². The SMILES string of the molecule is CCCN(C(=O)COc1cccc2ccccc12)C1CCNC1. The Labute approximate surface area is 137 Å². The number of carbonyl (C=O) groups is 1. The normalized spacial score (nSPS) is 17.3. The Morgan fingerprint density at radius 3 is 2.87 bits per heavy atom. The first-order valence-corrected chi connectivity index (χ1v) is 8.40. The summed E-state index contributed by atoms with van der Waals surface area (Å²) >= 11 is 0. The molecule has 1 heterocycles. The van der Waals surface area contributed by atoms with E-state index >= 15 is 0 Å². The molecule has 1 fully saturated rings. The lowest BCUT2D eigenvalue weighted by atomic mass is 10.1. The minimum atomic E-state index is 0.0773. The predicted octanol–water partition coefficient (Wildman–Crippen LogP) is 2.82. The lowest BCUT2D eigenvalue weighted by Gasteiger charge is -2.28. The van der Waals surface area contributed by atoms with Crippen molar-refractivity contribution >= 4 is 16.7 Å². The molecule has 1 amide bonds. The van der Waals surface area contributed by atoms with E-state index in [9.17, 15) is 4.79 Å². The van der Waals surface area contributed by atoms with Crippen molar-refractivity contribution in [1.82, 2.24) is 10.2 Å². The molecule has 1 N–H and O–H groups in total. The van der Waals surface area contributed by atoms with Gasteiger partial charge < -0.3 is 15.0 Å². The largest absolute Gasteiger partial charge is 0.483 e. The van der Waals surface area contributed by atoms with Crippen molar-refractivity contribution in [2.24, 2.45) is 0 Å². The maximum absolute atomic E-state index is 12.6. The van der Waals surface area contributed by atoms with E-state index in [0.717, 1.165) is 49.0 Å². The van der Waals surface area contributed by atoms with Crippen LogP contribution in [-0.4, -0.2) is 43.1 Å². The van der Waals surface area contributed by atoms with Crippen LogP contribution in [0.5, 0.6) is 5.75 Å². The zero-order valence-corrected chi connectivity index (χ0v) is 13.6. The van der Waals surface area contributed by atoms with Crippen molar-refractivity contribution in [1.29, 1.82) is 0 Å². The molecular formula is C19H24N2O2. The quantitative estimate of drug-likeness (QED) is 0.892. The molecule has 1 aliphatic heterocycles. The van der Waals surface area contributed by atoms with Crippen molar-refractivity contribution in [2.45, 2.75) is 25.8 Å². The van der Waals surface area contributed by atoms with Gasteiger partial charge in [-0.05, 0) is 30.8 Å². The summed E-state index contributed by atoms with van der Waals surface area (Å²) in [5.41, 5.74) is 0. The number of amides is 1.